The molecule has 0 saturated heterocycles. The monoisotopic (exact) mass is 360 g/mol. The number of benzene rings is 2. The highest BCUT2D eigenvalue weighted by Gasteiger charge is 2.23. The Morgan fingerprint density at radius 1 is 1.00 bits per heavy atom. The molecule has 0 radical (unpaired) electrons. The van der Waals surface area contributed by atoms with E-state index in [1.165, 1.54) is 13.0 Å². The second-order valence-corrected chi connectivity index (χ2v) is 6.30. The van der Waals surface area contributed by atoms with Crippen LogP contribution in [-0.2, 0) is 16.1 Å². The number of hydrogen-bond acceptors (Lipinski definition) is 2. The first-order chi connectivity index (χ1) is 12.3. The van der Waals surface area contributed by atoms with E-state index in [0.717, 1.165) is 22.6 Å². The average Bonchev–Trinajstić information content (AvgIpc) is 2.60. The second kappa shape index (κ2) is 8.56. The summed E-state index contributed by atoms with van der Waals surface area (Å²) >= 11 is 0. The quantitative estimate of drug-likeness (QED) is 0.787. The minimum atomic E-state index is -1.06. The molecule has 0 atom stereocenters. The molecule has 0 heterocycles. The minimum Gasteiger partial charge on any atom is -0.334 e. The average molecular weight is 360 g/mol. The third kappa shape index (κ3) is 4.88. The van der Waals surface area contributed by atoms with Crippen molar-refractivity contribution in [1.29, 1.82) is 0 Å². The summed E-state index contributed by atoms with van der Waals surface area (Å²) in [4.78, 5) is 27.5. The van der Waals surface area contributed by atoms with Gasteiger partial charge in [-0.3, -0.25) is 9.59 Å². The summed E-state index contributed by atoms with van der Waals surface area (Å²) in [6, 6.07) is 12.6. The summed E-state index contributed by atoms with van der Waals surface area (Å²) in [5, 5.41) is 0. The van der Waals surface area contributed by atoms with Gasteiger partial charge in [0.15, 0.2) is 11.6 Å². The summed E-state index contributed by atoms with van der Waals surface area (Å²) in [6.07, 6.45) is 0. The number of rotatable bonds is 6. The molecule has 2 aromatic rings. The highest BCUT2D eigenvalue weighted by molar-refractivity contribution is 5.97. The molecule has 0 fully saturated rings. The fourth-order valence-electron chi connectivity index (χ4n) is 2.60. The van der Waals surface area contributed by atoms with Gasteiger partial charge in [0.05, 0.1) is 0 Å². The Kier molecular flexibility index (Phi) is 6.44. The van der Waals surface area contributed by atoms with Gasteiger partial charge in [-0.25, -0.2) is 8.78 Å². The lowest BCUT2D eigenvalue weighted by atomic mass is 10.2. The minimum absolute atomic E-state index is 0.0820. The van der Waals surface area contributed by atoms with Crippen molar-refractivity contribution >= 4 is 17.5 Å². The summed E-state index contributed by atoms with van der Waals surface area (Å²) in [5.74, 6) is -2.76. The molecule has 2 amide bonds. The van der Waals surface area contributed by atoms with Gasteiger partial charge in [-0.2, -0.15) is 0 Å². The first-order valence-corrected chi connectivity index (χ1v) is 8.36. The van der Waals surface area contributed by atoms with Crippen LogP contribution < -0.4 is 4.90 Å². The van der Waals surface area contributed by atoms with Crippen LogP contribution in [0.5, 0.6) is 0 Å². The van der Waals surface area contributed by atoms with Gasteiger partial charge < -0.3 is 9.80 Å². The zero-order chi connectivity index (χ0) is 19.3. The van der Waals surface area contributed by atoms with Crippen molar-refractivity contribution in [2.75, 3.05) is 11.4 Å². The second-order valence-electron chi connectivity index (χ2n) is 6.30. The van der Waals surface area contributed by atoms with E-state index in [2.05, 4.69) is 0 Å². The number of hydrogen-bond donors (Lipinski definition) is 0. The summed E-state index contributed by atoms with van der Waals surface area (Å²) in [6.45, 7) is 5.21. The van der Waals surface area contributed by atoms with Crippen LogP contribution in [0, 0.1) is 11.6 Å². The SMILES string of the molecule is CC(=O)N(CC(=O)N(Cc1ccccc1)C(C)C)c1ccc(F)c(F)c1. The topological polar surface area (TPSA) is 40.6 Å². The van der Waals surface area contributed by atoms with Crippen LogP contribution in [0.1, 0.15) is 26.3 Å². The lowest BCUT2D eigenvalue weighted by Gasteiger charge is -2.30. The predicted octanol–water partition coefficient (Wildman–Crippen LogP) is 3.75. The Morgan fingerprint density at radius 3 is 2.19 bits per heavy atom. The smallest absolute Gasteiger partial charge is 0.243 e. The van der Waals surface area contributed by atoms with Crippen molar-refractivity contribution in [2.24, 2.45) is 0 Å². The molecule has 0 aliphatic carbocycles. The van der Waals surface area contributed by atoms with Gasteiger partial charge in [-0.05, 0) is 31.5 Å². The summed E-state index contributed by atoms with van der Waals surface area (Å²) in [7, 11) is 0. The molecule has 0 aromatic heterocycles. The molecule has 6 heteroatoms. The number of carbonyl (C=O) groups excluding carboxylic acids is 2. The molecule has 2 rings (SSSR count). The maximum absolute atomic E-state index is 13.5. The molecular weight excluding hydrogens is 338 g/mol. The Labute approximate surface area is 152 Å². The Hall–Kier alpha value is -2.76. The first-order valence-electron chi connectivity index (χ1n) is 8.36. The number of amides is 2. The number of halogens is 2. The van der Waals surface area contributed by atoms with Crippen molar-refractivity contribution in [1.82, 2.24) is 4.90 Å². The van der Waals surface area contributed by atoms with E-state index in [1.54, 1.807) is 4.90 Å². The summed E-state index contributed by atoms with van der Waals surface area (Å²) in [5.41, 5.74) is 1.12. The molecule has 0 bridgehead atoms. The Bertz CT molecular complexity index is 779. The maximum atomic E-state index is 13.5. The third-order valence-corrected chi connectivity index (χ3v) is 4.03. The van der Waals surface area contributed by atoms with Crippen molar-refractivity contribution in [3.63, 3.8) is 0 Å². The van der Waals surface area contributed by atoms with Crippen molar-refractivity contribution in [3.05, 3.63) is 65.7 Å². The van der Waals surface area contributed by atoms with Crippen LogP contribution in [0.4, 0.5) is 14.5 Å². The third-order valence-electron chi connectivity index (χ3n) is 4.03. The molecule has 2 aromatic carbocycles. The van der Waals surface area contributed by atoms with Crippen molar-refractivity contribution < 1.29 is 18.4 Å². The zero-order valence-electron chi connectivity index (χ0n) is 15.1. The van der Waals surface area contributed by atoms with Gasteiger partial charge >= 0.3 is 0 Å². The first kappa shape index (κ1) is 19.6. The highest BCUT2D eigenvalue weighted by atomic mass is 19.2. The lowest BCUT2D eigenvalue weighted by molar-refractivity contribution is -0.133. The highest BCUT2D eigenvalue weighted by Crippen LogP contribution is 2.19. The van der Waals surface area contributed by atoms with Gasteiger partial charge in [0.25, 0.3) is 0 Å². The Balaban J connectivity index is 2.21. The molecule has 0 unspecified atom stereocenters. The van der Waals surface area contributed by atoms with E-state index in [0.29, 0.717) is 6.54 Å². The molecule has 26 heavy (non-hydrogen) atoms. The van der Waals surface area contributed by atoms with E-state index in [9.17, 15) is 18.4 Å². The van der Waals surface area contributed by atoms with Crippen LogP contribution in [0.15, 0.2) is 48.5 Å². The van der Waals surface area contributed by atoms with Crippen molar-refractivity contribution in [3.8, 4) is 0 Å². The maximum Gasteiger partial charge on any atom is 0.243 e. The molecular formula is C20H22F2N2O2. The Morgan fingerprint density at radius 2 is 1.65 bits per heavy atom. The molecule has 0 N–H and O–H groups in total. The van der Waals surface area contributed by atoms with Gasteiger partial charge in [0.1, 0.15) is 6.54 Å². The van der Waals surface area contributed by atoms with Gasteiger partial charge in [0, 0.05) is 31.3 Å². The van der Waals surface area contributed by atoms with E-state index in [1.807, 2.05) is 44.2 Å². The van der Waals surface area contributed by atoms with Gasteiger partial charge in [-0.15, -0.1) is 0 Å². The zero-order valence-corrected chi connectivity index (χ0v) is 15.1. The number of carbonyl (C=O) groups is 2. The van der Waals surface area contributed by atoms with Gasteiger partial charge in [-0.1, -0.05) is 30.3 Å². The molecule has 138 valence electrons. The molecule has 0 saturated carbocycles. The normalized spacial score (nSPS) is 10.7. The number of anilines is 1. The summed E-state index contributed by atoms with van der Waals surface area (Å²) < 4.78 is 26.7. The largest absolute Gasteiger partial charge is 0.334 e. The van der Waals surface area contributed by atoms with Crippen molar-refractivity contribution in [2.45, 2.75) is 33.4 Å². The van der Waals surface area contributed by atoms with E-state index in [4.69, 9.17) is 0 Å². The van der Waals surface area contributed by atoms with Crippen LogP contribution in [0.25, 0.3) is 0 Å². The number of nitrogens with zero attached hydrogens (tertiary/aromatic N) is 2. The van der Waals surface area contributed by atoms with Crippen LogP contribution in [-0.4, -0.2) is 29.3 Å². The van der Waals surface area contributed by atoms with E-state index < -0.39 is 17.5 Å². The molecule has 0 aliphatic rings. The van der Waals surface area contributed by atoms with Crippen LogP contribution >= 0.6 is 0 Å². The lowest BCUT2D eigenvalue weighted by Crippen LogP contribution is -2.44. The van der Waals surface area contributed by atoms with Gasteiger partial charge in [0.2, 0.25) is 11.8 Å². The molecule has 0 aliphatic heterocycles. The molecule has 0 spiro atoms. The fourth-order valence-corrected chi connectivity index (χ4v) is 2.60. The standard InChI is InChI=1S/C20H22F2N2O2/c1-14(2)23(12-16-7-5-4-6-8-16)20(26)13-24(15(3)25)17-9-10-18(21)19(22)11-17/h4-11,14H,12-13H2,1-3H3. The molecule has 4 nitrogen and oxygen atoms in total. The van der Waals surface area contributed by atoms with E-state index >= 15 is 0 Å². The predicted molar refractivity (Wildman–Crippen MR) is 96.5 cm³/mol. The van der Waals surface area contributed by atoms with E-state index in [-0.39, 0.29) is 24.2 Å². The fraction of sp³-hybridized carbons (Fsp3) is 0.300. The van der Waals surface area contributed by atoms with Crippen LogP contribution in [0.2, 0.25) is 0 Å². The van der Waals surface area contributed by atoms with Crippen LogP contribution in [0.3, 0.4) is 0 Å².